The molecule has 0 aliphatic heterocycles. The zero-order valence-electron chi connectivity index (χ0n) is 11.7. The van der Waals surface area contributed by atoms with E-state index < -0.39 is 11.4 Å². The van der Waals surface area contributed by atoms with E-state index in [0.717, 1.165) is 0 Å². The lowest BCUT2D eigenvalue weighted by atomic mass is 10.1. The van der Waals surface area contributed by atoms with Crippen molar-refractivity contribution in [3.63, 3.8) is 0 Å². The molecule has 0 aliphatic rings. The molecule has 20 heavy (non-hydrogen) atoms. The Hall–Kier alpha value is -2.79. The van der Waals surface area contributed by atoms with Crippen LogP contribution in [0, 0.1) is 22.7 Å². The topological polar surface area (TPSA) is 88.7 Å². The molecule has 5 nitrogen and oxygen atoms in total. The maximum absolute atomic E-state index is 11.8. The van der Waals surface area contributed by atoms with E-state index >= 15 is 0 Å². The number of nitriles is 2. The summed E-state index contributed by atoms with van der Waals surface area (Å²) in [6, 6.07) is 10.6. The first-order chi connectivity index (χ1) is 9.35. The number of rotatable bonds is 3. The van der Waals surface area contributed by atoms with Crippen LogP contribution in [0.2, 0.25) is 0 Å². The number of nitrogens with zero attached hydrogens (tertiary/aromatic N) is 2. The second-order valence-corrected chi connectivity index (χ2v) is 5.21. The number of amides is 1. The van der Waals surface area contributed by atoms with Gasteiger partial charge in [0.15, 0.2) is 0 Å². The number of hydrogen-bond donors (Lipinski definition) is 2. The van der Waals surface area contributed by atoms with Gasteiger partial charge in [-0.15, -0.1) is 0 Å². The second-order valence-electron chi connectivity index (χ2n) is 5.21. The van der Waals surface area contributed by atoms with Crippen LogP contribution in [0.4, 0.5) is 5.69 Å². The number of benzene rings is 1. The molecule has 1 rings (SSSR count). The Kier molecular flexibility index (Phi) is 4.88. The Morgan fingerprint density at radius 1 is 1.20 bits per heavy atom. The monoisotopic (exact) mass is 268 g/mol. The van der Waals surface area contributed by atoms with Crippen LogP contribution in [-0.2, 0) is 4.79 Å². The number of carbonyl (C=O) groups excluding carboxylic acids is 1. The second kappa shape index (κ2) is 6.40. The summed E-state index contributed by atoms with van der Waals surface area (Å²) in [5.41, 5.74) is 0.830. The number of hydrogen-bond acceptors (Lipinski definition) is 4. The maximum Gasteiger partial charge on any atom is 0.263 e. The largest absolute Gasteiger partial charge is 0.360 e. The van der Waals surface area contributed by atoms with E-state index in [-0.39, 0.29) is 5.57 Å². The minimum atomic E-state index is -0.429. The first kappa shape index (κ1) is 15.3. The molecular formula is C15H16N4O. The third kappa shape index (κ3) is 4.83. The molecule has 0 saturated heterocycles. The highest BCUT2D eigenvalue weighted by Gasteiger charge is 2.16. The summed E-state index contributed by atoms with van der Waals surface area (Å²) in [6.07, 6.45) is 1.35. The average molecular weight is 268 g/mol. The Bertz CT molecular complexity index is 595. The van der Waals surface area contributed by atoms with Gasteiger partial charge in [0.2, 0.25) is 0 Å². The standard InChI is InChI=1S/C15H16N4O/c1-15(2,3)19-14(20)12(9-17)10-18-13-6-4-11(8-16)5-7-13/h4-7,10,18H,1-3H3,(H,19,20)/b12-10-. The van der Waals surface area contributed by atoms with E-state index in [1.165, 1.54) is 6.20 Å². The predicted octanol–water partition coefficient (Wildman–Crippen LogP) is 2.29. The zero-order valence-corrected chi connectivity index (χ0v) is 11.7. The Morgan fingerprint density at radius 3 is 2.25 bits per heavy atom. The molecule has 0 fully saturated rings. The van der Waals surface area contributed by atoms with E-state index in [1.807, 2.05) is 32.9 Å². The molecule has 0 bridgehead atoms. The van der Waals surface area contributed by atoms with Crippen molar-refractivity contribution in [2.75, 3.05) is 5.32 Å². The van der Waals surface area contributed by atoms with Gasteiger partial charge in [-0.05, 0) is 45.0 Å². The fourth-order valence-electron chi connectivity index (χ4n) is 1.35. The van der Waals surface area contributed by atoms with Crippen LogP contribution < -0.4 is 10.6 Å². The fourth-order valence-corrected chi connectivity index (χ4v) is 1.35. The average Bonchev–Trinajstić information content (AvgIpc) is 2.38. The van der Waals surface area contributed by atoms with E-state index in [4.69, 9.17) is 10.5 Å². The molecule has 1 aromatic rings. The lowest BCUT2D eigenvalue weighted by Crippen LogP contribution is -2.41. The molecule has 2 N–H and O–H groups in total. The van der Waals surface area contributed by atoms with Crippen LogP contribution >= 0.6 is 0 Å². The normalized spacial score (nSPS) is 11.2. The van der Waals surface area contributed by atoms with Crippen molar-refractivity contribution in [3.05, 3.63) is 41.6 Å². The number of carbonyl (C=O) groups is 1. The first-order valence-electron chi connectivity index (χ1n) is 6.05. The molecule has 0 heterocycles. The van der Waals surface area contributed by atoms with Gasteiger partial charge in [-0.2, -0.15) is 10.5 Å². The van der Waals surface area contributed by atoms with Crippen LogP contribution in [0.5, 0.6) is 0 Å². The fraction of sp³-hybridized carbons (Fsp3) is 0.267. The quantitative estimate of drug-likeness (QED) is 0.650. The summed E-state index contributed by atoms with van der Waals surface area (Å²) in [7, 11) is 0. The van der Waals surface area contributed by atoms with Crippen LogP contribution in [0.1, 0.15) is 26.3 Å². The van der Waals surface area contributed by atoms with E-state index in [0.29, 0.717) is 11.3 Å². The summed E-state index contributed by atoms with van der Waals surface area (Å²) in [4.78, 5) is 11.8. The van der Waals surface area contributed by atoms with E-state index in [2.05, 4.69) is 10.6 Å². The Balaban J connectivity index is 2.78. The van der Waals surface area contributed by atoms with Crippen molar-refractivity contribution >= 4 is 11.6 Å². The van der Waals surface area contributed by atoms with Crippen LogP contribution in [0.25, 0.3) is 0 Å². The molecule has 0 aromatic heterocycles. The molecule has 102 valence electrons. The van der Waals surface area contributed by atoms with Crippen molar-refractivity contribution in [2.45, 2.75) is 26.3 Å². The highest BCUT2D eigenvalue weighted by atomic mass is 16.1. The summed E-state index contributed by atoms with van der Waals surface area (Å²) >= 11 is 0. The van der Waals surface area contributed by atoms with Gasteiger partial charge in [0.25, 0.3) is 5.91 Å². The van der Waals surface area contributed by atoms with Gasteiger partial charge in [-0.1, -0.05) is 0 Å². The van der Waals surface area contributed by atoms with Crippen LogP contribution in [-0.4, -0.2) is 11.4 Å². The smallest absolute Gasteiger partial charge is 0.263 e. The lowest BCUT2D eigenvalue weighted by Gasteiger charge is -2.20. The molecule has 0 aliphatic carbocycles. The first-order valence-corrected chi connectivity index (χ1v) is 6.05. The van der Waals surface area contributed by atoms with Gasteiger partial charge in [0, 0.05) is 17.4 Å². The van der Waals surface area contributed by atoms with E-state index in [1.54, 1.807) is 24.3 Å². The molecule has 0 radical (unpaired) electrons. The highest BCUT2D eigenvalue weighted by Crippen LogP contribution is 2.10. The molecule has 0 atom stereocenters. The Labute approximate surface area is 118 Å². The molecule has 5 heteroatoms. The van der Waals surface area contributed by atoms with Gasteiger partial charge in [-0.25, -0.2) is 0 Å². The van der Waals surface area contributed by atoms with Crippen molar-refractivity contribution in [3.8, 4) is 12.1 Å². The van der Waals surface area contributed by atoms with Crippen LogP contribution in [0.15, 0.2) is 36.0 Å². The molecule has 1 aromatic carbocycles. The van der Waals surface area contributed by atoms with Crippen molar-refractivity contribution in [2.24, 2.45) is 0 Å². The predicted molar refractivity (Wildman–Crippen MR) is 76.4 cm³/mol. The van der Waals surface area contributed by atoms with Gasteiger partial charge in [0.05, 0.1) is 11.6 Å². The van der Waals surface area contributed by atoms with Gasteiger partial charge in [0.1, 0.15) is 11.6 Å². The Morgan fingerprint density at radius 2 is 1.80 bits per heavy atom. The van der Waals surface area contributed by atoms with E-state index in [9.17, 15) is 4.79 Å². The summed E-state index contributed by atoms with van der Waals surface area (Å²) in [6.45, 7) is 5.52. The zero-order chi connectivity index (χ0) is 15.2. The lowest BCUT2D eigenvalue weighted by molar-refractivity contribution is -0.118. The van der Waals surface area contributed by atoms with Crippen LogP contribution in [0.3, 0.4) is 0 Å². The molecule has 0 saturated carbocycles. The minimum absolute atomic E-state index is 0.00992. The van der Waals surface area contributed by atoms with Crippen molar-refractivity contribution in [1.82, 2.24) is 5.32 Å². The van der Waals surface area contributed by atoms with Crippen molar-refractivity contribution < 1.29 is 4.79 Å². The maximum atomic E-state index is 11.8. The van der Waals surface area contributed by atoms with Gasteiger partial charge < -0.3 is 10.6 Å². The number of nitrogens with one attached hydrogen (secondary N) is 2. The highest BCUT2D eigenvalue weighted by molar-refractivity contribution is 5.97. The summed E-state index contributed by atoms with van der Waals surface area (Å²) in [5, 5.41) is 23.2. The molecule has 0 unspecified atom stereocenters. The molecule has 1 amide bonds. The molecular weight excluding hydrogens is 252 g/mol. The van der Waals surface area contributed by atoms with Gasteiger partial charge in [-0.3, -0.25) is 4.79 Å². The molecule has 0 spiro atoms. The van der Waals surface area contributed by atoms with Gasteiger partial charge >= 0.3 is 0 Å². The SMILES string of the molecule is CC(C)(C)NC(=O)/C(C#N)=C\Nc1ccc(C#N)cc1. The third-order valence-electron chi connectivity index (χ3n) is 2.25. The van der Waals surface area contributed by atoms with Crippen molar-refractivity contribution in [1.29, 1.82) is 10.5 Å². The summed E-state index contributed by atoms with van der Waals surface area (Å²) in [5.74, 6) is -0.429. The third-order valence-corrected chi connectivity index (χ3v) is 2.25. The summed E-state index contributed by atoms with van der Waals surface area (Å²) < 4.78 is 0. The minimum Gasteiger partial charge on any atom is -0.360 e. The number of anilines is 1.